The second kappa shape index (κ2) is 8.19. The molecule has 0 fully saturated rings. The van der Waals surface area contributed by atoms with Crippen molar-refractivity contribution in [3.8, 4) is 0 Å². The molecule has 3 N–H and O–H groups in total. The van der Waals surface area contributed by atoms with E-state index in [0.29, 0.717) is 11.4 Å². The number of hydrazine groups is 1. The normalized spacial score (nSPS) is 10.7. The van der Waals surface area contributed by atoms with Gasteiger partial charge in [-0.2, -0.15) is 13.2 Å². The molecule has 2 aromatic carbocycles. The standard InChI is InChI=1S/C18H16F3N3O2/c1-2-5-16(25)23-24-17(26)14-6-3-4-7-15(14)22-13-10-8-12(9-11-13)18(19,20)21/h2-4,6-11,22H,1,5H2,(H,23,25)(H,24,26). The molecule has 5 nitrogen and oxygen atoms in total. The van der Waals surface area contributed by atoms with Crippen LogP contribution in [0.4, 0.5) is 24.5 Å². The minimum atomic E-state index is -4.42. The van der Waals surface area contributed by atoms with Crippen molar-refractivity contribution in [1.82, 2.24) is 10.9 Å². The molecule has 26 heavy (non-hydrogen) atoms. The highest BCUT2D eigenvalue weighted by atomic mass is 19.4. The van der Waals surface area contributed by atoms with Gasteiger partial charge >= 0.3 is 6.18 Å². The highest BCUT2D eigenvalue weighted by molar-refractivity contribution is 6.01. The van der Waals surface area contributed by atoms with Crippen molar-refractivity contribution in [3.05, 3.63) is 72.3 Å². The Morgan fingerprint density at radius 2 is 1.65 bits per heavy atom. The lowest BCUT2D eigenvalue weighted by Crippen LogP contribution is -2.41. The Bertz CT molecular complexity index is 802. The summed E-state index contributed by atoms with van der Waals surface area (Å²) in [7, 11) is 0. The van der Waals surface area contributed by atoms with Crippen molar-refractivity contribution in [2.45, 2.75) is 12.6 Å². The van der Waals surface area contributed by atoms with Crippen LogP contribution in [0, 0.1) is 0 Å². The van der Waals surface area contributed by atoms with Crippen LogP contribution in [-0.4, -0.2) is 11.8 Å². The molecule has 8 heteroatoms. The molecule has 0 heterocycles. The van der Waals surface area contributed by atoms with Gasteiger partial charge in [-0.1, -0.05) is 18.2 Å². The molecule has 0 saturated carbocycles. The van der Waals surface area contributed by atoms with Crippen LogP contribution in [0.1, 0.15) is 22.3 Å². The molecular formula is C18H16F3N3O2. The summed E-state index contributed by atoms with van der Waals surface area (Å²) < 4.78 is 37.8. The molecule has 0 radical (unpaired) electrons. The summed E-state index contributed by atoms with van der Waals surface area (Å²) in [5, 5.41) is 2.89. The third kappa shape index (κ3) is 5.10. The van der Waals surface area contributed by atoms with E-state index in [0.717, 1.165) is 12.1 Å². The van der Waals surface area contributed by atoms with Crippen molar-refractivity contribution in [2.75, 3.05) is 5.32 Å². The number of carbonyl (C=O) groups excluding carboxylic acids is 2. The van der Waals surface area contributed by atoms with Gasteiger partial charge in [-0.05, 0) is 36.4 Å². The van der Waals surface area contributed by atoms with Gasteiger partial charge < -0.3 is 5.32 Å². The van der Waals surface area contributed by atoms with E-state index in [4.69, 9.17) is 0 Å². The molecule has 0 atom stereocenters. The highest BCUT2D eigenvalue weighted by Crippen LogP contribution is 2.30. The predicted octanol–water partition coefficient (Wildman–Crippen LogP) is 3.79. The Balaban J connectivity index is 2.12. The molecular weight excluding hydrogens is 347 g/mol. The van der Waals surface area contributed by atoms with Gasteiger partial charge in [0, 0.05) is 12.1 Å². The number of carbonyl (C=O) groups is 2. The fourth-order valence-corrected chi connectivity index (χ4v) is 2.06. The second-order valence-corrected chi connectivity index (χ2v) is 5.24. The topological polar surface area (TPSA) is 70.2 Å². The van der Waals surface area contributed by atoms with Crippen LogP contribution >= 0.6 is 0 Å². The van der Waals surface area contributed by atoms with E-state index < -0.39 is 23.6 Å². The van der Waals surface area contributed by atoms with Crippen LogP contribution in [0.3, 0.4) is 0 Å². The number of alkyl halides is 3. The quantitative estimate of drug-likeness (QED) is 0.559. The summed E-state index contributed by atoms with van der Waals surface area (Å²) in [6, 6.07) is 10.8. The average Bonchev–Trinajstić information content (AvgIpc) is 2.60. The maximum atomic E-state index is 12.6. The summed E-state index contributed by atoms with van der Waals surface area (Å²) in [5.74, 6) is -1.00. The fraction of sp³-hybridized carbons (Fsp3) is 0.111. The van der Waals surface area contributed by atoms with Gasteiger partial charge in [0.25, 0.3) is 5.91 Å². The summed E-state index contributed by atoms with van der Waals surface area (Å²) >= 11 is 0. The Morgan fingerprint density at radius 3 is 2.27 bits per heavy atom. The molecule has 0 spiro atoms. The lowest BCUT2D eigenvalue weighted by atomic mass is 10.1. The van der Waals surface area contributed by atoms with Crippen LogP contribution in [0.2, 0.25) is 0 Å². The molecule has 0 aliphatic heterocycles. The van der Waals surface area contributed by atoms with E-state index in [1.54, 1.807) is 18.2 Å². The predicted molar refractivity (Wildman–Crippen MR) is 91.6 cm³/mol. The number of benzene rings is 2. The van der Waals surface area contributed by atoms with Crippen molar-refractivity contribution in [2.24, 2.45) is 0 Å². The van der Waals surface area contributed by atoms with E-state index in [1.165, 1.54) is 24.3 Å². The summed E-state index contributed by atoms with van der Waals surface area (Å²) in [5.41, 5.74) is 4.71. The minimum Gasteiger partial charge on any atom is -0.355 e. The van der Waals surface area contributed by atoms with Crippen molar-refractivity contribution < 1.29 is 22.8 Å². The van der Waals surface area contributed by atoms with Crippen LogP contribution in [0.5, 0.6) is 0 Å². The number of para-hydroxylation sites is 1. The van der Waals surface area contributed by atoms with Crippen molar-refractivity contribution in [1.29, 1.82) is 0 Å². The SMILES string of the molecule is C=CCC(=O)NNC(=O)c1ccccc1Nc1ccc(C(F)(F)F)cc1. The lowest BCUT2D eigenvalue weighted by Gasteiger charge is -2.13. The van der Waals surface area contributed by atoms with Crippen LogP contribution in [0.25, 0.3) is 0 Å². The Labute approximate surface area is 147 Å². The zero-order valence-corrected chi connectivity index (χ0v) is 13.6. The zero-order valence-electron chi connectivity index (χ0n) is 13.6. The number of nitrogens with one attached hydrogen (secondary N) is 3. The average molecular weight is 363 g/mol. The van der Waals surface area contributed by atoms with Gasteiger partial charge in [-0.15, -0.1) is 6.58 Å². The van der Waals surface area contributed by atoms with Crippen LogP contribution in [-0.2, 0) is 11.0 Å². The Hall–Kier alpha value is -3.29. The first-order valence-electron chi connectivity index (χ1n) is 7.54. The molecule has 0 aliphatic carbocycles. The molecule has 0 bridgehead atoms. The largest absolute Gasteiger partial charge is 0.416 e. The summed E-state index contributed by atoms with van der Waals surface area (Å²) in [6.07, 6.45) is -2.98. The number of hydrogen-bond donors (Lipinski definition) is 3. The molecule has 136 valence electrons. The van der Waals surface area contributed by atoms with Crippen LogP contribution < -0.4 is 16.2 Å². The van der Waals surface area contributed by atoms with Gasteiger partial charge in [0.1, 0.15) is 0 Å². The van der Waals surface area contributed by atoms with E-state index in [1.807, 2.05) is 0 Å². The summed E-state index contributed by atoms with van der Waals surface area (Å²) in [4.78, 5) is 23.6. The second-order valence-electron chi connectivity index (χ2n) is 5.24. The van der Waals surface area contributed by atoms with E-state index in [2.05, 4.69) is 22.7 Å². The van der Waals surface area contributed by atoms with E-state index in [9.17, 15) is 22.8 Å². The van der Waals surface area contributed by atoms with Gasteiger partial charge in [0.05, 0.1) is 16.8 Å². The van der Waals surface area contributed by atoms with Crippen molar-refractivity contribution in [3.63, 3.8) is 0 Å². The maximum Gasteiger partial charge on any atom is 0.416 e. The number of halogens is 3. The first kappa shape index (κ1) is 19.0. The molecule has 2 rings (SSSR count). The third-order valence-corrected chi connectivity index (χ3v) is 3.31. The number of amides is 2. The van der Waals surface area contributed by atoms with E-state index >= 15 is 0 Å². The molecule has 0 aromatic heterocycles. The monoisotopic (exact) mass is 363 g/mol. The Morgan fingerprint density at radius 1 is 1.00 bits per heavy atom. The molecule has 2 aromatic rings. The van der Waals surface area contributed by atoms with Gasteiger partial charge in [-0.3, -0.25) is 20.4 Å². The number of rotatable bonds is 5. The smallest absolute Gasteiger partial charge is 0.355 e. The van der Waals surface area contributed by atoms with Crippen molar-refractivity contribution >= 4 is 23.2 Å². The number of hydrogen-bond acceptors (Lipinski definition) is 3. The third-order valence-electron chi connectivity index (χ3n) is 3.31. The first-order valence-corrected chi connectivity index (χ1v) is 7.54. The lowest BCUT2D eigenvalue weighted by molar-refractivity contribution is -0.137. The Kier molecular flexibility index (Phi) is 6.00. The molecule has 2 amide bonds. The molecule has 0 aliphatic rings. The van der Waals surface area contributed by atoms with E-state index in [-0.39, 0.29) is 12.0 Å². The molecule has 0 unspecified atom stereocenters. The van der Waals surface area contributed by atoms with Gasteiger partial charge in [0.2, 0.25) is 5.91 Å². The van der Waals surface area contributed by atoms with Gasteiger partial charge in [0.15, 0.2) is 0 Å². The van der Waals surface area contributed by atoms with Crippen LogP contribution in [0.15, 0.2) is 61.2 Å². The maximum absolute atomic E-state index is 12.6. The van der Waals surface area contributed by atoms with Gasteiger partial charge in [-0.25, -0.2) is 0 Å². The zero-order chi connectivity index (χ0) is 19.2. The molecule has 0 saturated heterocycles. The summed E-state index contributed by atoms with van der Waals surface area (Å²) in [6.45, 7) is 3.41. The highest BCUT2D eigenvalue weighted by Gasteiger charge is 2.29. The number of anilines is 2. The first-order chi connectivity index (χ1) is 12.3. The fourth-order valence-electron chi connectivity index (χ4n) is 2.06. The minimum absolute atomic E-state index is 0.0474.